The van der Waals surface area contributed by atoms with E-state index in [2.05, 4.69) is 5.10 Å². The summed E-state index contributed by atoms with van der Waals surface area (Å²) in [6.45, 7) is 3.93. The van der Waals surface area contributed by atoms with Crippen LogP contribution in [0.3, 0.4) is 0 Å². The molecule has 1 heterocycles. The van der Waals surface area contributed by atoms with Gasteiger partial charge in [0.15, 0.2) is 0 Å². The van der Waals surface area contributed by atoms with Gasteiger partial charge in [-0.15, -0.1) is 0 Å². The number of para-hydroxylation sites is 1. The van der Waals surface area contributed by atoms with Gasteiger partial charge in [0.25, 0.3) is 0 Å². The Balaban J connectivity index is 2.06. The topological polar surface area (TPSA) is 53.3 Å². The van der Waals surface area contributed by atoms with Crippen LogP contribution in [0, 0.1) is 6.92 Å². The number of hydrogen-bond donors (Lipinski definition) is 0. The Bertz CT molecular complexity index is 942. The number of carbonyl (C=O) groups is 1. The molecule has 0 radical (unpaired) electrons. The Labute approximate surface area is 158 Å². The van der Waals surface area contributed by atoms with Crippen molar-refractivity contribution in [2.45, 2.75) is 13.8 Å². The van der Waals surface area contributed by atoms with Crippen LogP contribution >= 0.6 is 0 Å². The first-order valence-corrected chi connectivity index (χ1v) is 8.78. The maximum absolute atomic E-state index is 12.5. The number of hydrogen-bond acceptors (Lipinski definition) is 4. The molecule has 0 amide bonds. The molecule has 0 fully saturated rings. The number of methoxy groups -OCH3 is 1. The van der Waals surface area contributed by atoms with Crippen LogP contribution in [0.15, 0.2) is 54.6 Å². The van der Waals surface area contributed by atoms with Gasteiger partial charge in [-0.25, -0.2) is 9.48 Å². The first kappa shape index (κ1) is 18.5. The Morgan fingerprint density at radius 2 is 1.78 bits per heavy atom. The molecule has 0 aliphatic carbocycles. The van der Waals surface area contributed by atoms with Crippen LogP contribution in [0.2, 0.25) is 0 Å². The van der Waals surface area contributed by atoms with Gasteiger partial charge in [-0.2, -0.15) is 5.10 Å². The SMILES string of the molecule is CCOC(=O)c1c(C)nn(-c2ccccc2)c1/C=C/c1ccc(OC)cc1. The number of esters is 1. The molecule has 138 valence electrons. The van der Waals surface area contributed by atoms with Crippen molar-refractivity contribution in [1.82, 2.24) is 9.78 Å². The third-order valence-electron chi connectivity index (χ3n) is 4.13. The molecule has 0 aliphatic rings. The summed E-state index contributed by atoms with van der Waals surface area (Å²) in [5.41, 5.74) is 3.67. The molecule has 0 atom stereocenters. The van der Waals surface area contributed by atoms with E-state index in [0.717, 1.165) is 17.0 Å². The second-order valence-corrected chi connectivity index (χ2v) is 5.92. The van der Waals surface area contributed by atoms with Crippen molar-refractivity contribution in [2.24, 2.45) is 0 Å². The van der Waals surface area contributed by atoms with Gasteiger partial charge in [-0.05, 0) is 49.8 Å². The van der Waals surface area contributed by atoms with Gasteiger partial charge in [-0.3, -0.25) is 0 Å². The van der Waals surface area contributed by atoms with Crippen LogP contribution in [-0.4, -0.2) is 29.5 Å². The molecule has 27 heavy (non-hydrogen) atoms. The van der Waals surface area contributed by atoms with Gasteiger partial charge in [-0.1, -0.05) is 36.4 Å². The summed E-state index contributed by atoms with van der Waals surface area (Å²) in [6, 6.07) is 17.4. The molecular formula is C22H22N2O3. The second kappa shape index (κ2) is 8.36. The van der Waals surface area contributed by atoms with Gasteiger partial charge in [0.05, 0.1) is 30.8 Å². The van der Waals surface area contributed by atoms with Crippen molar-refractivity contribution in [1.29, 1.82) is 0 Å². The minimum Gasteiger partial charge on any atom is -0.497 e. The van der Waals surface area contributed by atoms with Crippen LogP contribution in [0.5, 0.6) is 5.75 Å². The Kier molecular flexibility index (Phi) is 5.71. The van der Waals surface area contributed by atoms with Crippen LogP contribution in [0.1, 0.15) is 34.2 Å². The van der Waals surface area contributed by atoms with Crippen molar-refractivity contribution < 1.29 is 14.3 Å². The molecule has 5 nitrogen and oxygen atoms in total. The van der Waals surface area contributed by atoms with Crippen LogP contribution in [-0.2, 0) is 4.74 Å². The fourth-order valence-electron chi connectivity index (χ4n) is 2.81. The highest BCUT2D eigenvalue weighted by Gasteiger charge is 2.21. The highest BCUT2D eigenvalue weighted by atomic mass is 16.5. The molecule has 0 saturated heterocycles. The van der Waals surface area contributed by atoms with Gasteiger partial charge < -0.3 is 9.47 Å². The third kappa shape index (κ3) is 4.08. The van der Waals surface area contributed by atoms with Crippen LogP contribution < -0.4 is 4.74 Å². The molecule has 0 saturated carbocycles. The number of nitrogens with zero attached hydrogens (tertiary/aromatic N) is 2. The summed E-state index contributed by atoms with van der Waals surface area (Å²) in [5, 5.41) is 4.57. The molecule has 0 aliphatic heterocycles. The van der Waals surface area contributed by atoms with Gasteiger partial charge >= 0.3 is 5.97 Å². The third-order valence-corrected chi connectivity index (χ3v) is 4.13. The minimum absolute atomic E-state index is 0.316. The highest BCUT2D eigenvalue weighted by molar-refractivity contribution is 5.95. The summed E-state index contributed by atoms with van der Waals surface area (Å²) in [5.74, 6) is 0.427. The van der Waals surface area contributed by atoms with E-state index < -0.39 is 0 Å². The van der Waals surface area contributed by atoms with Gasteiger partial charge in [0.1, 0.15) is 11.3 Å². The summed E-state index contributed by atoms with van der Waals surface area (Å²) >= 11 is 0. The van der Waals surface area contributed by atoms with E-state index >= 15 is 0 Å². The van der Waals surface area contributed by atoms with Crippen LogP contribution in [0.4, 0.5) is 0 Å². The predicted molar refractivity (Wildman–Crippen MR) is 106 cm³/mol. The molecule has 0 N–H and O–H groups in total. The number of carbonyl (C=O) groups excluding carboxylic acids is 1. The normalized spacial score (nSPS) is 10.9. The number of aryl methyl sites for hydroxylation is 1. The molecule has 3 aromatic rings. The van der Waals surface area contributed by atoms with E-state index in [-0.39, 0.29) is 5.97 Å². The zero-order valence-corrected chi connectivity index (χ0v) is 15.7. The van der Waals surface area contributed by atoms with Crippen molar-refractivity contribution in [2.75, 3.05) is 13.7 Å². The smallest absolute Gasteiger partial charge is 0.342 e. The molecule has 0 bridgehead atoms. The lowest BCUT2D eigenvalue weighted by molar-refractivity contribution is 0.0525. The Morgan fingerprint density at radius 3 is 2.41 bits per heavy atom. The van der Waals surface area contributed by atoms with Crippen LogP contribution in [0.25, 0.3) is 17.8 Å². The molecule has 0 spiro atoms. The lowest BCUT2D eigenvalue weighted by atomic mass is 10.1. The quantitative estimate of drug-likeness (QED) is 0.604. The fourth-order valence-corrected chi connectivity index (χ4v) is 2.81. The van der Waals surface area contributed by atoms with Crippen molar-refractivity contribution >= 4 is 18.1 Å². The summed E-state index contributed by atoms with van der Waals surface area (Å²) < 4.78 is 12.2. The second-order valence-electron chi connectivity index (χ2n) is 5.92. The Hall–Kier alpha value is -3.34. The molecule has 2 aromatic carbocycles. The van der Waals surface area contributed by atoms with Crippen molar-refractivity contribution in [3.05, 3.63) is 77.1 Å². The number of aromatic nitrogens is 2. The number of ether oxygens (including phenoxy) is 2. The van der Waals surface area contributed by atoms with E-state index in [0.29, 0.717) is 23.6 Å². The van der Waals surface area contributed by atoms with Gasteiger partial charge in [0.2, 0.25) is 0 Å². The summed E-state index contributed by atoms with van der Waals surface area (Å²) in [7, 11) is 1.64. The first-order chi connectivity index (χ1) is 13.1. The van der Waals surface area contributed by atoms with E-state index in [1.54, 1.807) is 18.7 Å². The fraction of sp³-hybridized carbons (Fsp3) is 0.182. The van der Waals surface area contributed by atoms with Crippen molar-refractivity contribution in [3.8, 4) is 11.4 Å². The predicted octanol–water partition coefficient (Wildman–Crippen LogP) is 4.54. The number of rotatable bonds is 6. The lowest BCUT2D eigenvalue weighted by Gasteiger charge is -2.06. The highest BCUT2D eigenvalue weighted by Crippen LogP contribution is 2.23. The van der Waals surface area contributed by atoms with E-state index in [1.165, 1.54) is 0 Å². The van der Waals surface area contributed by atoms with E-state index in [4.69, 9.17) is 9.47 Å². The van der Waals surface area contributed by atoms with Gasteiger partial charge in [0, 0.05) is 0 Å². The standard InChI is InChI=1S/C22H22N2O3/c1-4-27-22(25)21-16(2)23-24(18-8-6-5-7-9-18)20(21)15-12-17-10-13-19(26-3)14-11-17/h5-15H,4H2,1-3H3/b15-12+. The summed E-state index contributed by atoms with van der Waals surface area (Å²) in [4.78, 5) is 12.5. The minimum atomic E-state index is -0.369. The molecule has 3 rings (SSSR count). The average Bonchev–Trinajstić information content (AvgIpc) is 3.04. The largest absolute Gasteiger partial charge is 0.497 e. The molecule has 5 heteroatoms. The first-order valence-electron chi connectivity index (χ1n) is 8.78. The Morgan fingerprint density at radius 1 is 1.07 bits per heavy atom. The molecular weight excluding hydrogens is 340 g/mol. The monoisotopic (exact) mass is 362 g/mol. The molecule has 0 unspecified atom stereocenters. The zero-order chi connectivity index (χ0) is 19.2. The maximum atomic E-state index is 12.5. The average molecular weight is 362 g/mol. The summed E-state index contributed by atoms with van der Waals surface area (Å²) in [6.07, 6.45) is 3.83. The lowest BCUT2D eigenvalue weighted by Crippen LogP contribution is -2.08. The van der Waals surface area contributed by atoms with Crippen molar-refractivity contribution in [3.63, 3.8) is 0 Å². The van der Waals surface area contributed by atoms with E-state index in [1.807, 2.05) is 73.7 Å². The maximum Gasteiger partial charge on any atom is 0.342 e. The molecule has 1 aromatic heterocycles. The number of benzene rings is 2. The van der Waals surface area contributed by atoms with E-state index in [9.17, 15) is 4.79 Å². The zero-order valence-electron chi connectivity index (χ0n) is 15.7.